The highest BCUT2D eigenvalue weighted by Gasteiger charge is 2.22. The van der Waals surface area contributed by atoms with Gasteiger partial charge in [0, 0.05) is 12.4 Å². The van der Waals surface area contributed by atoms with Crippen molar-refractivity contribution in [1.29, 1.82) is 0 Å². The van der Waals surface area contributed by atoms with E-state index in [-0.39, 0.29) is 4.90 Å². The first-order chi connectivity index (χ1) is 10.0. The molecule has 0 spiro atoms. The van der Waals surface area contributed by atoms with Crippen molar-refractivity contribution in [2.24, 2.45) is 0 Å². The van der Waals surface area contributed by atoms with Gasteiger partial charge >= 0.3 is 0 Å². The predicted octanol–water partition coefficient (Wildman–Crippen LogP) is 3.23. The minimum atomic E-state index is -3.63. The average Bonchev–Trinajstić information content (AvgIpc) is 2.87. The Morgan fingerprint density at radius 3 is 2.33 bits per heavy atom. The zero-order chi connectivity index (χ0) is 15.0. The largest absolute Gasteiger partial charge is 0.374 e. The third kappa shape index (κ3) is 2.19. The molecule has 2 aromatic carbocycles. The third-order valence-electron chi connectivity index (χ3n) is 3.48. The Labute approximate surface area is 124 Å². The van der Waals surface area contributed by atoms with E-state index in [1.807, 2.05) is 37.3 Å². The van der Waals surface area contributed by atoms with Crippen LogP contribution in [0, 0.1) is 6.92 Å². The molecular weight excluding hydrogens is 284 g/mol. The summed E-state index contributed by atoms with van der Waals surface area (Å²) in [4.78, 5) is 0.283. The Hall–Kier alpha value is -2.27. The summed E-state index contributed by atoms with van der Waals surface area (Å²) in [6, 6.07) is 16.2. The highest BCUT2D eigenvalue weighted by molar-refractivity contribution is 7.90. The van der Waals surface area contributed by atoms with Crippen LogP contribution in [-0.2, 0) is 10.0 Å². The Kier molecular flexibility index (Phi) is 3.22. The van der Waals surface area contributed by atoms with E-state index >= 15 is 0 Å². The Morgan fingerprint density at radius 2 is 1.67 bits per heavy atom. The molecule has 4 nitrogen and oxygen atoms in total. The summed E-state index contributed by atoms with van der Waals surface area (Å²) in [5.41, 5.74) is 1.70. The van der Waals surface area contributed by atoms with E-state index in [9.17, 15) is 8.42 Å². The molecule has 0 aliphatic carbocycles. The van der Waals surface area contributed by atoms with Crippen LogP contribution in [0.4, 0.5) is 5.82 Å². The van der Waals surface area contributed by atoms with Crippen LogP contribution in [0.3, 0.4) is 0 Å². The summed E-state index contributed by atoms with van der Waals surface area (Å²) >= 11 is 0. The summed E-state index contributed by atoms with van der Waals surface area (Å²) < 4.78 is 27.2. The molecule has 0 aliphatic heterocycles. The van der Waals surface area contributed by atoms with E-state index in [4.69, 9.17) is 0 Å². The molecule has 0 saturated heterocycles. The molecule has 0 saturated carbocycles. The van der Waals surface area contributed by atoms with Crippen molar-refractivity contribution in [2.75, 3.05) is 12.4 Å². The molecule has 1 heterocycles. The summed E-state index contributed by atoms with van der Waals surface area (Å²) in [6.07, 6.45) is 0. The van der Waals surface area contributed by atoms with Gasteiger partial charge < -0.3 is 5.32 Å². The van der Waals surface area contributed by atoms with Crippen molar-refractivity contribution in [3.05, 3.63) is 60.2 Å². The fraction of sp³-hybridized carbons (Fsp3) is 0.125. The number of nitrogens with zero attached hydrogens (tertiary/aromatic N) is 1. The maximum Gasteiger partial charge on any atom is 0.269 e. The average molecular weight is 300 g/mol. The fourth-order valence-electron chi connectivity index (χ4n) is 2.38. The lowest BCUT2D eigenvalue weighted by atomic mass is 10.2. The van der Waals surface area contributed by atoms with Gasteiger partial charge in [0.15, 0.2) is 0 Å². The van der Waals surface area contributed by atoms with Crippen LogP contribution in [0.1, 0.15) is 5.56 Å². The number of para-hydroxylation sites is 1. The van der Waals surface area contributed by atoms with Gasteiger partial charge in [-0.05, 0) is 31.2 Å². The molecule has 0 bridgehead atoms. The van der Waals surface area contributed by atoms with Gasteiger partial charge in [0.1, 0.15) is 5.82 Å². The molecule has 0 unspecified atom stereocenters. The molecule has 0 amide bonds. The number of benzene rings is 2. The fourth-order valence-corrected chi connectivity index (χ4v) is 3.90. The van der Waals surface area contributed by atoms with Crippen molar-refractivity contribution >= 4 is 26.7 Å². The Balaban J connectivity index is 2.30. The maximum atomic E-state index is 12.9. The molecule has 0 atom stereocenters. The van der Waals surface area contributed by atoms with Gasteiger partial charge in [0.2, 0.25) is 0 Å². The van der Waals surface area contributed by atoms with Gasteiger partial charge in [-0.25, -0.2) is 12.4 Å². The lowest BCUT2D eigenvalue weighted by Gasteiger charge is -2.11. The molecule has 3 rings (SSSR count). The zero-order valence-corrected chi connectivity index (χ0v) is 12.7. The van der Waals surface area contributed by atoms with Crippen molar-refractivity contribution in [3.63, 3.8) is 0 Å². The van der Waals surface area contributed by atoms with Crippen molar-refractivity contribution in [3.8, 4) is 0 Å². The number of rotatable bonds is 3. The lowest BCUT2D eigenvalue weighted by molar-refractivity contribution is 0.589. The molecule has 5 heteroatoms. The number of aryl methyl sites for hydroxylation is 1. The molecular formula is C16H16N2O2S. The summed E-state index contributed by atoms with van der Waals surface area (Å²) in [6.45, 7) is 1.93. The lowest BCUT2D eigenvalue weighted by Crippen LogP contribution is -2.15. The van der Waals surface area contributed by atoms with E-state index in [0.29, 0.717) is 11.3 Å². The Morgan fingerprint density at radius 1 is 1.00 bits per heavy atom. The van der Waals surface area contributed by atoms with E-state index < -0.39 is 10.0 Å². The van der Waals surface area contributed by atoms with Crippen LogP contribution < -0.4 is 5.32 Å². The number of nitrogens with one attached hydrogen (secondary N) is 1. The molecule has 0 aliphatic rings. The molecule has 1 aromatic heterocycles. The summed E-state index contributed by atoms with van der Waals surface area (Å²) in [7, 11) is -1.91. The van der Waals surface area contributed by atoms with Crippen LogP contribution in [0.15, 0.2) is 59.5 Å². The van der Waals surface area contributed by atoms with Crippen LogP contribution in [0.2, 0.25) is 0 Å². The van der Waals surface area contributed by atoms with Gasteiger partial charge in [-0.1, -0.05) is 35.9 Å². The number of anilines is 1. The molecule has 3 aromatic rings. The quantitative estimate of drug-likeness (QED) is 0.808. The maximum absolute atomic E-state index is 12.9. The minimum absolute atomic E-state index is 0.283. The van der Waals surface area contributed by atoms with Crippen LogP contribution in [-0.4, -0.2) is 19.4 Å². The summed E-state index contributed by atoms with van der Waals surface area (Å²) in [5.74, 6) is 0.553. The van der Waals surface area contributed by atoms with Crippen LogP contribution in [0.25, 0.3) is 10.9 Å². The number of aromatic nitrogens is 1. The van der Waals surface area contributed by atoms with Crippen molar-refractivity contribution < 1.29 is 8.42 Å². The van der Waals surface area contributed by atoms with Gasteiger partial charge in [-0.2, -0.15) is 0 Å². The third-order valence-corrected chi connectivity index (χ3v) is 5.22. The normalized spacial score (nSPS) is 11.7. The standard InChI is InChI=1S/C16H16N2O2S/c1-12-7-9-14(10-8-12)21(19,20)18-15-6-4-3-5-13(15)11-16(18)17-2/h3-11,17H,1-2H3. The second-order valence-electron chi connectivity index (χ2n) is 4.92. The zero-order valence-electron chi connectivity index (χ0n) is 11.9. The summed E-state index contributed by atoms with van der Waals surface area (Å²) in [5, 5.41) is 3.84. The van der Waals surface area contributed by atoms with Crippen LogP contribution in [0.5, 0.6) is 0 Å². The second-order valence-corrected chi connectivity index (χ2v) is 6.71. The molecule has 108 valence electrons. The number of hydrogen-bond acceptors (Lipinski definition) is 3. The molecule has 0 fully saturated rings. The first kappa shape index (κ1) is 13.7. The SMILES string of the molecule is CNc1cc2ccccc2n1S(=O)(=O)c1ccc(C)cc1. The van der Waals surface area contributed by atoms with Gasteiger partial charge in [0.05, 0.1) is 10.4 Å². The topological polar surface area (TPSA) is 51.1 Å². The van der Waals surface area contributed by atoms with Crippen molar-refractivity contribution in [1.82, 2.24) is 3.97 Å². The predicted molar refractivity (Wildman–Crippen MR) is 85.2 cm³/mol. The highest BCUT2D eigenvalue weighted by Crippen LogP contribution is 2.28. The van der Waals surface area contributed by atoms with E-state index in [1.54, 1.807) is 31.3 Å². The Bertz CT molecular complexity index is 894. The minimum Gasteiger partial charge on any atom is -0.374 e. The van der Waals surface area contributed by atoms with Crippen LogP contribution >= 0.6 is 0 Å². The highest BCUT2D eigenvalue weighted by atomic mass is 32.2. The van der Waals surface area contributed by atoms with Crippen molar-refractivity contribution in [2.45, 2.75) is 11.8 Å². The van der Waals surface area contributed by atoms with Gasteiger partial charge in [-0.3, -0.25) is 0 Å². The first-order valence-electron chi connectivity index (χ1n) is 6.64. The first-order valence-corrected chi connectivity index (χ1v) is 8.08. The van der Waals surface area contributed by atoms with E-state index in [1.165, 1.54) is 3.97 Å². The number of hydrogen-bond donors (Lipinski definition) is 1. The monoisotopic (exact) mass is 300 g/mol. The van der Waals surface area contributed by atoms with Gasteiger partial charge in [0.25, 0.3) is 10.0 Å². The van der Waals surface area contributed by atoms with E-state index in [0.717, 1.165) is 10.9 Å². The molecule has 21 heavy (non-hydrogen) atoms. The second kappa shape index (κ2) is 4.93. The smallest absolute Gasteiger partial charge is 0.269 e. The van der Waals surface area contributed by atoms with E-state index in [2.05, 4.69) is 5.32 Å². The van der Waals surface area contributed by atoms with Gasteiger partial charge in [-0.15, -0.1) is 0 Å². The molecule has 1 N–H and O–H groups in total. The molecule has 0 radical (unpaired) electrons. The number of fused-ring (bicyclic) bond motifs is 1.